The first-order chi connectivity index (χ1) is 16.4. The van der Waals surface area contributed by atoms with Crippen LogP contribution in [0, 0.1) is 13.8 Å². The van der Waals surface area contributed by atoms with Gasteiger partial charge in [-0.25, -0.2) is 4.98 Å². The molecule has 184 valence electrons. The molecular weight excluding hydrogens is 440 g/mol. The number of ketones is 1. The maximum Gasteiger partial charge on any atom is 0.295 e. The first kappa shape index (κ1) is 24.7. The number of benzene rings is 1. The molecule has 35 heavy (non-hydrogen) atoms. The molecule has 1 aliphatic rings. The predicted molar refractivity (Wildman–Crippen MR) is 137 cm³/mol. The number of Topliss-reactive ketones (excluding diaryl/α,β-unsaturated/α-hetero) is 1. The fourth-order valence-electron chi connectivity index (χ4n) is 4.60. The molecule has 7 heteroatoms. The minimum absolute atomic E-state index is 0.0310. The lowest BCUT2D eigenvalue weighted by atomic mass is 9.85. The van der Waals surface area contributed by atoms with Gasteiger partial charge in [-0.2, -0.15) is 0 Å². The zero-order chi connectivity index (χ0) is 25.7. The highest BCUT2D eigenvalue weighted by Crippen LogP contribution is 2.40. The molecule has 1 unspecified atom stereocenters. The largest absolute Gasteiger partial charge is 0.505 e. The van der Waals surface area contributed by atoms with Crippen LogP contribution >= 0.6 is 0 Å². The number of likely N-dealkylation sites (N-methyl/N-ethyl adjacent to an activating group) is 1. The van der Waals surface area contributed by atoms with Crippen molar-refractivity contribution in [2.45, 2.75) is 46.1 Å². The van der Waals surface area contributed by atoms with Gasteiger partial charge in [-0.3, -0.25) is 9.59 Å². The maximum absolute atomic E-state index is 13.3. The van der Waals surface area contributed by atoms with Gasteiger partial charge in [0.1, 0.15) is 11.3 Å². The number of nitrogens with zero attached hydrogens (tertiary/aromatic N) is 4. The Morgan fingerprint density at radius 1 is 1.09 bits per heavy atom. The van der Waals surface area contributed by atoms with Crippen LogP contribution in [0.25, 0.3) is 11.4 Å². The second-order valence-electron chi connectivity index (χ2n) is 10.6. The molecule has 0 spiro atoms. The number of imidazole rings is 1. The van der Waals surface area contributed by atoms with E-state index in [4.69, 9.17) is 0 Å². The van der Waals surface area contributed by atoms with E-state index in [2.05, 4.69) is 25.8 Å². The van der Waals surface area contributed by atoms with Crippen LogP contribution in [0.2, 0.25) is 0 Å². The number of carbonyl (C=O) groups is 2. The summed E-state index contributed by atoms with van der Waals surface area (Å²) >= 11 is 0. The number of amides is 1. The number of aliphatic hydroxyl groups is 1. The number of pyridine rings is 1. The number of likely N-dealkylation sites (tertiary alicyclic amines) is 1. The van der Waals surface area contributed by atoms with Gasteiger partial charge in [0.2, 0.25) is 0 Å². The van der Waals surface area contributed by atoms with E-state index in [9.17, 15) is 14.7 Å². The molecule has 1 N–H and O–H groups in total. The highest BCUT2D eigenvalue weighted by atomic mass is 16.3. The highest BCUT2D eigenvalue weighted by Gasteiger charge is 2.46. The van der Waals surface area contributed by atoms with Crippen molar-refractivity contribution in [2.24, 2.45) is 0 Å². The van der Waals surface area contributed by atoms with E-state index >= 15 is 0 Å². The summed E-state index contributed by atoms with van der Waals surface area (Å²) in [6, 6.07) is 11.1. The van der Waals surface area contributed by atoms with Crippen molar-refractivity contribution in [3.05, 3.63) is 76.2 Å². The van der Waals surface area contributed by atoms with Crippen LogP contribution in [-0.2, 0) is 15.0 Å². The predicted octanol–water partition coefficient (Wildman–Crippen LogP) is 4.23. The van der Waals surface area contributed by atoms with E-state index in [1.807, 2.05) is 79.8 Å². The topological polar surface area (TPSA) is 78.2 Å². The molecule has 0 radical (unpaired) electrons. The van der Waals surface area contributed by atoms with Gasteiger partial charge in [-0.1, -0.05) is 51.1 Å². The van der Waals surface area contributed by atoms with Gasteiger partial charge in [-0.05, 0) is 56.1 Å². The van der Waals surface area contributed by atoms with Crippen molar-refractivity contribution < 1.29 is 14.7 Å². The van der Waals surface area contributed by atoms with Gasteiger partial charge in [-0.15, -0.1) is 0 Å². The number of hydrogen-bond donors (Lipinski definition) is 1. The van der Waals surface area contributed by atoms with E-state index in [-0.39, 0.29) is 16.7 Å². The standard InChI is InChI=1S/C28H34N4O3/c1-17-9-8-14-31-18(2)22(29-26(17)31)24(33)21-23(19-10-12-20(13-11-19)28(3,4)5)32(16-15-30(6)7)27(35)25(21)34/h8-14,23,33H,15-16H2,1-7H3. The van der Waals surface area contributed by atoms with Crippen molar-refractivity contribution in [1.29, 1.82) is 0 Å². The molecular formula is C28H34N4O3. The lowest BCUT2D eigenvalue weighted by Crippen LogP contribution is -2.35. The highest BCUT2D eigenvalue weighted by molar-refractivity contribution is 6.46. The van der Waals surface area contributed by atoms with Gasteiger partial charge in [0, 0.05) is 19.3 Å². The molecule has 2 aromatic heterocycles. The first-order valence-corrected chi connectivity index (χ1v) is 11.9. The third-order valence-electron chi connectivity index (χ3n) is 6.73. The molecule has 1 aliphatic heterocycles. The monoisotopic (exact) mass is 474 g/mol. The zero-order valence-electron chi connectivity index (χ0n) is 21.6. The van der Waals surface area contributed by atoms with Crippen LogP contribution in [0.5, 0.6) is 0 Å². The summed E-state index contributed by atoms with van der Waals surface area (Å²) in [7, 11) is 3.85. The number of fused-ring (bicyclic) bond motifs is 1. The molecule has 0 aliphatic carbocycles. The van der Waals surface area contributed by atoms with E-state index in [1.165, 1.54) is 0 Å². The molecule has 1 saturated heterocycles. The van der Waals surface area contributed by atoms with Crippen LogP contribution in [-0.4, -0.2) is 63.2 Å². The molecule has 3 aromatic rings. The van der Waals surface area contributed by atoms with Crippen molar-refractivity contribution >= 4 is 23.1 Å². The Morgan fingerprint density at radius 3 is 2.31 bits per heavy atom. The van der Waals surface area contributed by atoms with E-state index in [0.717, 1.165) is 16.7 Å². The molecule has 7 nitrogen and oxygen atoms in total. The van der Waals surface area contributed by atoms with Gasteiger partial charge < -0.3 is 19.3 Å². The van der Waals surface area contributed by atoms with Crippen LogP contribution < -0.4 is 0 Å². The third kappa shape index (κ3) is 4.36. The molecule has 1 aromatic carbocycles. The lowest BCUT2D eigenvalue weighted by Gasteiger charge is -2.27. The minimum Gasteiger partial charge on any atom is -0.505 e. The van der Waals surface area contributed by atoms with Crippen LogP contribution in [0.1, 0.15) is 54.9 Å². The lowest BCUT2D eigenvalue weighted by molar-refractivity contribution is -0.140. The Kier molecular flexibility index (Phi) is 6.32. The number of aryl methyl sites for hydroxylation is 2. The van der Waals surface area contributed by atoms with Crippen molar-refractivity contribution in [1.82, 2.24) is 19.2 Å². The summed E-state index contributed by atoms with van der Waals surface area (Å²) < 4.78 is 1.89. The molecule has 0 saturated carbocycles. The average Bonchev–Trinajstić information content (AvgIpc) is 3.26. The fraction of sp³-hybridized carbons (Fsp3) is 0.393. The number of hydrogen-bond acceptors (Lipinski definition) is 5. The number of aromatic nitrogens is 2. The van der Waals surface area contributed by atoms with Crippen molar-refractivity contribution in [3.63, 3.8) is 0 Å². The zero-order valence-corrected chi connectivity index (χ0v) is 21.6. The second kappa shape index (κ2) is 8.96. The second-order valence-corrected chi connectivity index (χ2v) is 10.6. The number of rotatable bonds is 5. The normalized spacial score (nSPS) is 18.3. The first-order valence-electron chi connectivity index (χ1n) is 11.9. The van der Waals surface area contributed by atoms with Gasteiger partial charge in [0.15, 0.2) is 5.76 Å². The summed E-state index contributed by atoms with van der Waals surface area (Å²) in [5.41, 5.74) is 4.69. The van der Waals surface area contributed by atoms with E-state index < -0.39 is 17.7 Å². The summed E-state index contributed by atoms with van der Waals surface area (Å²) in [4.78, 5) is 34.7. The number of aliphatic hydroxyl groups excluding tert-OH is 1. The summed E-state index contributed by atoms with van der Waals surface area (Å²) in [5, 5.41) is 11.5. The Bertz CT molecular complexity index is 1330. The number of carbonyl (C=O) groups excluding carboxylic acids is 2. The van der Waals surface area contributed by atoms with E-state index in [0.29, 0.717) is 30.1 Å². The third-order valence-corrected chi connectivity index (χ3v) is 6.73. The molecule has 4 rings (SSSR count). The quantitative estimate of drug-likeness (QED) is 0.340. The summed E-state index contributed by atoms with van der Waals surface area (Å²) in [5.74, 6) is -1.52. The van der Waals surface area contributed by atoms with Crippen LogP contribution in [0.3, 0.4) is 0 Å². The average molecular weight is 475 g/mol. The Labute approximate surface area is 206 Å². The Morgan fingerprint density at radius 2 is 1.74 bits per heavy atom. The maximum atomic E-state index is 13.3. The fourth-order valence-corrected chi connectivity index (χ4v) is 4.60. The van der Waals surface area contributed by atoms with Gasteiger partial charge >= 0.3 is 0 Å². The minimum atomic E-state index is -0.686. The molecule has 1 atom stereocenters. The van der Waals surface area contributed by atoms with Crippen LogP contribution in [0.4, 0.5) is 0 Å². The van der Waals surface area contributed by atoms with Crippen LogP contribution in [0.15, 0.2) is 48.2 Å². The molecule has 1 amide bonds. The van der Waals surface area contributed by atoms with Gasteiger partial charge in [0.05, 0.1) is 17.3 Å². The van der Waals surface area contributed by atoms with Gasteiger partial charge in [0.25, 0.3) is 11.7 Å². The molecule has 1 fully saturated rings. The summed E-state index contributed by atoms with van der Waals surface area (Å²) in [6.45, 7) is 11.2. The Balaban J connectivity index is 1.90. The van der Waals surface area contributed by atoms with E-state index in [1.54, 1.807) is 4.90 Å². The summed E-state index contributed by atoms with van der Waals surface area (Å²) in [6.07, 6.45) is 1.87. The molecule has 3 heterocycles. The smallest absolute Gasteiger partial charge is 0.295 e. The van der Waals surface area contributed by atoms with Crippen molar-refractivity contribution in [2.75, 3.05) is 27.2 Å². The molecule has 0 bridgehead atoms. The van der Waals surface area contributed by atoms with Crippen molar-refractivity contribution in [3.8, 4) is 0 Å². The Hall–Kier alpha value is -3.45. The SMILES string of the molecule is Cc1cccn2c(C)c(C(O)=C3C(=O)C(=O)N(CCN(C)C)C3c3ccc(C(C)(C)C)cc3)nc12.